The molecular weight excluding hydrogens is 364 g/mol. The van der Waals surface area contributed by atoms with Gasteiger partial charge in [0.25, 0.3) is 5.91 Å². The maximum atomic E-state index is 12.5. The topological polar surface area (TPSA) is 76.5 Å². The third kappa shape index (κ3) is 4.89. The van der Waals surface area contributed by atoms with Gasteiger partial charge in [-0.15, -0.1) is 0 Å². The second-order valence-electron chi connectivity index (χ2n) is 6.92. The van der Waals surface area contributed by atoms with E-state index in [-0.39, 0.29) is 18.2 Å². The van der Waals surface area contributed by atoms with E-state index < -0.39 is 5.91 Å². The molecule has 2 aliphatic heterocycles. The van der Waals surface area contributed by atoms with E-state index in [0.717, 1.165) is 37.9 Å². The number of hydrogen-bond donors (Lipinski definition) is 2. The van der Waals surface area contributed by atoms with Crippen LogP contribution in [-0.2, 0) is 16.1 Å². The van der Waals surface area contributed by atoms with Crippen molar-refractivity contribution < 1.29 is 9.59 Å². The van der Waals surface area contributed by atoms with Gasteiger partial charge < -0.3 is 15.1 Å². The lowest BCUT2D eigenvalue weighted by atomic mass is 10.0. The Kier molecular flexibility index (Phi) is 6.50. The lowest BCUT2D eigenvalue weighted by Crippen LogP contribution is -2.49. The lowest BCUT2D eigenvalue weighted by molar-refractivity contribution is -0.138. The summed E-state index contributed by atoms with van der Waals surface area (Å²) in [6, 6.07) is 9.79. The van der Waals surface area contributed by atoms with Crippen LogP contribution in [0.1, 0.15) is 31.2 Å². The Morgan fingerprint density at radius 2 is 1.81 bits per heavy atom. The minimum absolute atomic E-state index is 0.0309. The molecule has 2 fully saturated rings. The first-order chi connectivity index (χ1) is 13.1. The summed E-state index contributed by atoms with van der Waals surface area (Å²) in [6.07, 6.45) is 3.66. The van der Waals surface area contributed by atoms with Crippen molar-refractivity contribution in [3.05, 3.63) is 46.6 Å². The number of rotatable bonds is 5. The van der Waals surface area contributed by atoms with E-state index in [1.165, 1.54) is 4.90 Å². The molecule has 0 atom stereocenters. The van der Waals surface area contributed by atoms with Crippen LogP contribution in [0.3, 0.4) is 0 Å². The van der Waals surface area contributed by atoms with Gasteiger partial charge in [-0.1, -0.05) is 41.9 Å². The maximum absolute atomic E-state index is 12.5. The molecule has 2 saturated heterocycles. The molecule has 0 bridgehead atoms. The van der Waals surface area contributed by atoms with Crippen molar-refractivity contribution in [3.8, 4) is 0 Å². The van der Waals surface area contributed by atoms with Crippen LogP contribution in [0.15, 0.2) is 41.1 Å². The number of nitrogens with one attached hydrogen (secondary N) is 2. The van der Waals surface area contributed by atoms with Gasteiger partial charge in [0, 0.05) is 31.8 Å². The Bertz CT molecular complexity index is 742. The standard InChI is InChI=1S/C20H25ClN4O2/c21-19(23-13-15-7-3-1-4-8-15)16-9-12-25(20(27)18(16)22)14-17(26)24-10-5-2-6-11-24/h1,3-4,7-8,22-23H,2,5-6,9-14H2/b19-16-,22-18?. The van der Waals surface area contributed by atoms with Crippen LogP contribution in [0.25, 0.3) is 0 Å². The summed E-state index contributed by atoms with van der Waals surface area (Å²) in [4.78, 5) is 28.2. The molecule has 2 aliphatic rings. The molecule has 0 radical (unpaired) electrons. The van der Waals surface area contributed by atoms with Gasteiger partial charge in [-0.3, -0.25) is 15.0 Å². The van der Waals surface area contributed by atoms with Crippen LogP contribution in [-0.4, -0.2) is 53.5 Å². The summed E-state index contributed by atoms with van der Waals surface area (Å²) >= 11 is 6.33. The van der Waals surface area contributed by atoms with E-state index in [1.807, 2.05) is 35.2 Å². The Morgan fingerprint density at radius 3 is 2.52 bits per heavy atom. The minimum atomic E-state index is -0.429. The lowest BCUT2D eigenvalue weighted by Gasteiger charge is -2.32. The molecule has 0 saturated carbocycles. The zero-order chi connectivity index (χ0) is 19.2. The smallest absolute Gasteiger partial charge is 0.272 e. The van der Waals surface area contributed by atoms with E-state index in [0.29, 0.717) is 30.2 Å². The number of piperidine rings is 2. The number of hydrogen-bond acceptors (Lipinski definition) is 4. The van der Waals surface area contributed by atoms with Crippen molar-refractivity contribution in [2.24, 2.45) is 0 Å². The van der Waals surface area contributed by atoms with Crippen LogP contribution in [0, 0.1) is 5.41 Å². The number of halogens is 1. The van der Waals surface area contributed by atoms with Gasteiger partial charge in [-0.25, -0.2) is 0 Å². The summed E-state index contributed by atoms with van der Waals surface area (Å²) in [5.74, 6) is -0.460. The summed E-state index contributed by atoms with van der Waals surface area (Å²) < 4.78 is 0. The first kappa shape index (κ1) is 19.4. The monoisotopic (exact) mass is 388 g/mol. The molecule has 1 aromatic rings. The molecule has 0 aliphatic carbocycles. The molecule has 3 rings (SSSR count). The van der Waals surface area contributed by atoms with E-state index in [9.17, 15) is 9.59 Å². The van der Waals surface area contributed by atoms with Crippen LogP contribution >= 0.6 is 11.6 Å². The second kappa shape index (κ2) is 9.04. The van der Waals surface area contributed by atoms with Crippen molar-refractivity contribution in [2.75, 3.05) is 26.2 Å². The van der Waals surface area contributed by atoms with Gasteiger partial charge in [-0.05, 0) is 31.2 Å². The molecule has 2 N–H and O–H groups in total. The SMILES string of the molecule is N=C1C(=O)N(CC(=O)N2CCCCC2)CC/C1=C(\Cl)NCc1ccccc1. The van der Waals surface area contributed by atoms with Crippen molar-refractivity contribution in [1.82, 2.24) is 15.1 Å². The second-order valence-corrected chi connectivity index (χ2v) is 7.30. The molecule has 6 nitrogen and oxygen atoms in total. The molecule has 0 unspecified atom stereocenters. The number of likely N-dealkylation sites (tertiary alicyclic amines) is 2. The number of amides is 2. The minimum Gasteiger partial charge on any atom is -0.371 e. The molecule has 7 heteroatoms. The molecule has 0 spiro atoms. The quantitative estimate of drug-likeness (QED) is 0.761. The maximum Gasteiger partial charge on any atom is 0.272 e. The predicted octanol–water partition coefficient (Wildman–Crippen LogP) is 2.49. The van der Waals surface area contributed by atoms with Gasteiger partial charge in [-0.2, -0.15) is 0 Å². The van der Waals surface area contributed by atoms with Gasteiger partial charge in [0.1, 0.15) is 17.4 Å². The molecule has 2 heterocycles. The van der Waals surface area contributed by atoms with Crippen molar-refractivity contribution in [2.45, 2.75) is 32.2 Å². The first-order valence-corrected chi connectivity index (χ1v) is 9.76. The number of carbonyl (C=O) groups excluding carboxylic acids is 2. The van der Waals surface area contributed by atoms with E-state index in [2.05, 4.69) is 5.32 Å². The first-order valence-electron chi connectivity index (χ1n) is 9.38. The fourth-order valence-electron chi connectivity index (χ4n) is 3.42. The third-order valence-corrected chi connectivity index (χ3v) is 5.39. The predicted molar refractivity (Wildman–Crippen MR) is 106 cm³/mol. The normalized spacial score (nSPS) is 19.9. The van der Waals surface area contributed by atoms with Crippen molar-refractivity contribution in [3.63, 3.8) is 0 Å². The molecular formula is C20H25ClN4O2. The fourth-order valence-corrected chi connectivity index (χ4v) is 3.68. The fraction of sp³-hybridized carbons (Fsp3) is 0.450. The van der Waals surface area contributed by atoms with Gasteiger partial charge in [0.15, 0.2) is 0 Å². The highest BCUT2D eigenvalue weighted by atomic mass is 35.5. The van der Waals surface area contributed by atoms with Crippen molar-refractivity contribution in [1.29, 1.82) is 5.41 Å². The largest absolute Gasteiger partial charge is 0.371 e. The van der Waals surface area contributed by atoms with Crippen LogP contribution < -0.4 is 5.32 Å². The summed E-state index contributed by atoms with van der Waals surface area (Å²) in [6.45, 7) is 2.50. The summed E-state index contributed by atoms with van der Waals surface area (Å²) in [7, 11) is 0. The Hall–Kier alpha value is -2.34. The zero-order valence-corrected chi connectivity index (χ0v) is 16.1. The van der Waals surface area contributed by atoms with Crippen LogP contribution in [0.5, 0.6) is 0 Å². The van der Waals surface area contributed by atoms with Gasteiger partial charge >= 0.3 is 0 Å². The Balaban J connectivity index is 1.58. The summed E-state index contributed by atoms with van der Waals surface area (Å²) in [5, 5.41) is 11.6. The molecule has 144 valence electrons. The number of carbonyl (C=O) groups is 2. The van der Waals surface area contributed by atoms with Crippen LogP contribution in [0.4, 0.5) is 0 Å². The highest BCUT2D eigenvalue weighted by molar-refractivity contribution is 6.47. The van der Waals surface area contributed by atoms with Crippen LogP contribution in [0.2, 0.25) is 0 Å². The number of benzene rings is 1. The molecule has 0 aromatic heterocycles. The molecule has 2 amide bonds. The zero-order valence-electron chi connectivity index (χ0n) is 15.3. The number of nitrogens with zero attached hydrogens (tertiary/aromatic N) is 2. The average molecular weight is 389 g/mol. The van der Waals surface area contributed by atoms with E-state index in [4.69, 9.17) is 17.0 Å². The van der Waals surface area contributed by atoms with Gasteiger partial charge in [0.05, 0.1) is 0 Å². The molecule has 27 heavy (non-hydrogen) atoms. The third-order valence-electron chi connectivity index (χ3n) is 5.02. The Labute approximate surface area is 164 Å². The highest BCUT2D eigenvalue weighted by Crippen LogP contribution is 2.20. The van der Waals surface area contributed by atoms with E-state index in [1.54, 1.807) is 0 Å². The molecule has 1 aromatic carbocycles. The Morgan fingerprint density at radius 1 is 1.11 bits per heavy atom. The van der Waals surface area contributed by atoms with Gasteiger partial charge in [0.2, 0.25) is 5.91 Å². The highest BCUT2D eigenvalue weighted by Gasteiger charge is 2.31. The van der Waals surface area contributed by atoms with E-state index >= 15 is 0 Å². The summed E-state index contributed by atoms with van der Waals surface area (Å²) in [5.41, 5.74) is 1.45. The average Bonchev–Trinajstić information content (AvgIpc) is 2.71. The van der Waals surface area contributed by atoms with Crippen molar-refractivity contribution >= 4 is 29.1 Å².